The van der Waals surface area contributed by atoms with Crippen molar-refractivity contribution in [2.24, 2.45) is 0 Å². The molecule has 0 saturated carbocycles. The van der Waals surface area contributed by atoms with Gasteiger partial charge in [-0.05, 0) is 27.6 Å². The first kappa shape index (κ1) is 16.2. The number of benzene rings is 1. The SMILES string of the molecule is COC(=O)c1nc(Br)c2ccc(=O)n(Cc3ccccc3)c2c1O. The molecule has 0 saturated heterocycles. The molecule has 1 N–H and O–H groups in total. The van der Waals surface area contributed by atoms with Gasteiger partial charge in [0.2, 0.25) is 0 Å². The van der Waals surface area contributed by atoms with E-state index in [0.29, 0.717) is 9.99 Å². The topological polar surface area (TPSA) is 81.4 Å². The average Bonchev–Trinajstić information content (AvgIpc) is 2.60. The van der Waals surface area contributed by atoms with Crippen LogP contribution in [0.3, 0.4) is 0 Å². The zero-order valence-electron chi connectivity index (χ0n) is 12.7. The lowest BCUT2D eigenvalue weighted by Crippen LogP contribution is -2.21. The normalized spacial score (nSPS) is 10.8. The Morgan fingerprint density at radius 1 is 1.25 bits per heavy atom. The highest BCUT2D eigenvalue weighted by Gasteiger charge is 2.21. The number of carbonyl (C=O) groups excluding carboxylic acids is 1. The highest BCUT2D eigenvalue weighted by atomic mass is 79.9. The summed E-state index contributed by atoms with van der Waals surface area (Å²) in [6.45, 7) is 0.252. The highest BCUT2D eigenvalue weighted by molar-refractivity contribution is 9.10. The standard InChI is InChI=1S/C17H13BrN2O4/c1-24-17(23)13-15(22)14-11(16(18)19-13)7-8-12(21)20(14)9-10-5-3-2-4-6-10/h2-8,22H,9H2,1H3. The number of hydrogen-bond donors (Lipinski definition) is 1. The number of carbonyl (C=O) groups is 1. The monoisotopic (exact) mass is 388 g/mol. The molecule has 0 aliphatic heterocycles. The van der Waals surface area contributed by atoms with Crippen molar-refractivity contribution >= 4 is 32.8 Å². The number of ether oxygens (including phenoxy) is 1. The minimum atomic E-state index is -0.780. The molecule has 2 heterocycles. The number of hydrogen-bond acceptors (Lipinski definition) is 5. The maximum atomic E-state index is 12.4. The minimum absolute atomic E-state index is 0.230. The van der Waals surface area contributed by atoms with Crippen molar-refractivity contribution in [1.29, 1.82) is 0 Å². The zero-order chi connectivity index (χ0) is 17.3. The number of fused-ring (bicyclic) bond motifs is 1. The number of aromatic hydroxyl groups is 1. The largest absolute Gasteiger partial charge is 0.504 e. The van der Waals surface area contributed by atoms with E-state index in [4.69, 9.17) is 0 Å². The fraction of sp³-hybridized carbons (Fsp3) is 0.118. The molecule has 6 nitrogen and oxygen atoms in total. The van der Waals surface area contributed by atoms with Gasteiger partial charge in [0.05, 0.1) is 19.2 Å². The predicted molar refractivity (Wildman–Crippen MR) is 92.3 cm³/mol. The molecule has 122 valence electrons. The van der Waals surface area contributed by atoms with Gasteiger partial charge >= 0.3 is 5.97 Å². The number of halogens is 1. The van der Waals surface area contributed by atoms with Gasteiger partial charge in [-0.2, -0.15) is 0 Å². The number of methoxy groups -OCH3 is 1. The molecule has 0 amide bonds. The van der Waals surface area contributed by atoms with Crippen LogP contribution in [0.4, 0.5) is 0 Å². The molecule has 0 unspecified atom stereocenters. The third kappa shape index (κ3) is 2.78. The molecule has 0 spiro atoms. The van der Waals surface area contributed by atoms with Crippen LogP contribution in [0.15, 0.2) is 51.9 Å². The summed E-state index contributed by atoms with van der Waals surface area (Å²) < 4.78 is 6.39. The van der Waals surface area contributed by atoms with Crippen LogP contribution in [-0.2, 0) is 11.3 Å². The van der Waals surface area contributed by atoms with Crippen molar-refractivity contribution in [3.05, 3.63) is 68.7 Å². The second kappa shape index (κ2) is 6.45. The average molecular weight is 389 g/mol. The van der Waals surface area contributed by atoms with Crippen LogP contribution in [0.25, 0.3) is 10.9 Å². The van der Waals surface area contributed by atoms with E-state index in [1.54, 1.807) is 6.07 Å². The first-order valence-corrected chi connectivity index (χ1v) is 7.86. The third-order valence-electron chi connectivity index (χ3n) is 3.63. The molecule has 3 aromatic rings. The summed E-state index contributed by atoms with van der Waals surface area (Å²) in [5.74, 6) is -1.16. The molecular formula is C17H13BrN2O4. The van der Waals surface area contributed by atoms with Crippen molar-refractivity contribution < 1.29 is 14.6 Å². The lowest BCUT2D eigenvalue weighted by molar-refractivity contribution is 0.0590. The van der Waals surface area contributed by atoms with Crippen LogP contribution in [0.1, 0.15) is 16.1 Å². The second-order valence-corrected chi connectivity index (χ2v) is 5.85. The molecule has 0 bridgehead atoms. The van der Waals surface area contributed by atoms with Crippen molar-refractivity contribution in [3.63, 3.8) is 0 Å². The highest BCUT2D eigenvalue weighted by Crippen LogP contribution is 2.32. The van der Waals surface area contributed by atoms with Crippen LogP contribution in [0, 0.1) is 0 Å². The van der Waals surface area contributed by atoms with E-state index in [-0.39, 0.29) is 29.1 Å². The maximum absolute atomic E-state index is 12.4. The summed E-state index contributed by atoms with van der Waals surface area (Å²) in [4.78, 5) is 28.2. The molecule has 1 aromatic carbocycles. The van der Waals surface area contributed by atoms with E-state index < -0.39 is 5.97 Å². The first-order chi connectivity index (χ1) is 11.5. The second-order valence-electron chi connectivity index (χ2n) is 5.10. The van der Waals surface area contributed by atoms with E-state index >= 15 is 0 Å². The van der Waals surface area contributed by atoms with Crippen molar-refractivity contribution in [2.75, 3.05) is 7.11 Å². The smallest absolute Gasteiger partial charge is 0.360 e. The molecule has 3 rings (SSSR count). The fourth-order valence-corrected chi connectivity index (χ4v) is 2.98. The van der Waals surface area contributed by atoms with Gasteiger partial charge in [0.15, 0.2) is 11.4 Å². The van der Waals surface area contributed by atoms with Crippen LogP contribution in [-0.4, -0.2) is 27.7 Å². The lowest BCUT2D eigenvalue weighted by Gasteiger charge is -2.14. The Morgan fingerprint density at radius 3 is 2.62 bits per heavy atom. The van der Waals surface area contributed by atoms with Crippen molar-refractivity contribution in [3.8, 4) is 5.75 Å². The van der Waals surface area contributed by atoms with Gasteiger partial charge in [-0.1, -0.05) is 30.3 Å². The van der Waals surface area contributed by atoms with E-state index in [1.165, 1.54) is 17.7 Å². The number of aromatic nitrogens is 2. The third-order valence-corrected chi connectivity index (χ3v) is 4.23. The van der Waals surface area contributed by atoms with Gasteiger partial charge in [-0.25, -0.2) is 9.78 Å². The predicted octanol–water partition coefficient (Wildman–Crippen LogP) is 2.70. The summed E-state index contributed by atoms with van der Waals surface area (Å²) in [6, 6.07) is 12.3. The molecule has 0 aliphatic rings. The Balaban J connectivity index is 2.32. The summed E-state index contributed by atoms with van der Waals surface area (Å²) in [6.07, 6.45) is 0. The fourth-order valence-electron chi connectivity index (χ4n) is 2.49. The molecule has 0 aliphatic carbocycles. The van der Waals surface area contributed by atoms with E-state index in [2.05, 4.69) is 25.7 Å². The Kier molecular flexibility index (Phi) is 4.35. The van der Waals surface area contributed by atoms with Crippen molar-refractivity contribution in [1.82, 2.24) is 9.55 Å². The van der Waals surface area contributed by atoms with Gasteiger partial charge in [-0.15, -0.1) is 0 Å². The Bertz CT molecular complexity index is 983. The number of rotatable bonds is 3. The number of nitrogens with zero attached hydrogens (tertiary/aromatic N) is 2. The van der Waals surface area contributed by atoms with Crippen LogP contribution >= 0.6 is 15.9 Å². The Hall–Kier alpha value is -2.67. The zero-order valence-corrected chi connectivity index (χ0v) is 14.3. The summed E-state index contributed by atoms with van der Waals surface area (Å²) in [5, 5.41) is 11.0. The van der Waals surface area contributed by atoms with Gasteiger partial charge in [-0.3, -0.25) is 4.79 Å². The molecular weight excluding hydrogens is 376 g/mol. The molecule has 0 radical (unpaired) electrons. The molecule has 7 heteroatoms. The van der Waals surface area contributed by atoms with E-state index in [0.717, 1.165) is 5.56 Å². The van der Waals surface area contributed by atoms with E-state index in [9.17, 15) is 14.7 Å². The summed E-state index contributed by atoms with van der Waals surface area (Å²) in [7, 11) is 1.20. The van der Waals surface area contributed by atoms with E-state index in [1.807, 2.05) is 30.3 Å². The molecule has 0 fully saturated rings. The minimum Gasteiger partial charge on any atom is -0.504 e. The number of esters is 1. The quantitative estimate of drug-likeness (QED) is 0.550. The molecule has 24 heavy (non-hydrogen) atoms. The Labute approximate surface area is 145 Å². The van der Waals surface area contributed by atoms with Gasteiger partial charge < -0.3 is 14.4 Å². The van der Waals surface area contributed by atoms with Gasteiger partial charge in [0, 0.05) is 11.5 Å². The van der Waals surface area contributed by atoms with Crippen LogP contribution in [0.2, 0.25) is 0 Å². The molecule has 2 aromatic heterocycles. The Morgan fingerprint density at radius 2 is 1.96 bits per heavy atom. The first-order valence-electron chi connectivity index (χ1n) is 7.07. The molecule has 0 atom stereocenters. The van der Waals surface area contributed by atoms with Gasteiger partial charge in [0.1, 0.15) is 4.60 Å². The summed E-state index contributed by atoms with van der Waals surface area (Å²) in [5.41, 5.74) is 0.576. The summed E-state index contributed by atoms with van der Waals surface area (Å²) >= 11 is 3.28. The van der Waals surface area contributed by atoms with Crippen molar-refractivity contribution in [2.45, 2.75) is 6.54 Å². The van der Waals surface area contributed by atoms with Crippen LogP contribution < -0.4 is 5.56 Å². The maximum Gasteiger partial charge on any atom is 0.360 e. The lowest BCUT2D eigenvalue weighted by atomic mass is 10.1. The van der Waals surface area contributed by atoms with Crippen LogP contribution in [0.5, 0.6) is 5.75 Å². The number of pyridine rings is 2. The van der Waals surface area contributed by atoms with Gasteiger partial charge in [0.25, 0.3) is 5.56 Å².